The number of aromatic amines is 1. The normalized spacial score (nSPS) is 9.64. The van der Waals surface area contributed by atoms with Gasteiger partial charge in [-0.2, -0.15) is 0 Å². The molecule has 1 N–H and O–H groups in total. The van der Waals surface area contributed by atoms with Gasteiger partial charge in [-0.1, -0.05) is 26.3 Å². The molecule has 14 heavy (non-hydrogen) atoms. The number of benzene rings is 1. The Morgan fingerprint density at radius 3 is 2.64 bits per heavy atom. The zero-order valence-electron chi connectivity index (χ0n) is 8.76. The molecule has 0 saturated heterocycles. The minimum absolute atomic E-state index is 0.398. The molecule has 0 bridgehead atoms. The van der Waals surface area contributed by atoms with Crippen molar-refractivity contribution >= 4 is 11.1 Å². The number of fused-ring (bicyclic) bond motifs is 1. The molecule has 0 fully saturated rings. The summed E-state index contributed by atoms with van der Waals surface area (Å²) in [5.41, 5.74) is 2.45. The molecule has 3 nitrogen and oxygen atoms in total. The van der Waals surface area contributed by atoms with Crippen LogP contribution in [0.3, 0.4) is 0 Å². The third-order valence-electron chi connectivity index (χ3n) is 1.58. The van der Waals surface area contributed by atoms with Gasteiger partial charge in [-0.25, -0.2) is 4.79 Å². The number of hydrogen-bond acceptors (Lipinski definition) is 2. The molecular formula is C11H15NO2. The fourth-order valence-corrected chi connectivity index (χ4v) is 1.05. The quantitative estimate of drug-likeness (QED) is 0.699. The molecule has 0 aliphatic carbocycles. The average Bonchev–Trinajstić information content (AvgIpc) is 2.45. The van der Waals surface area contributed by atoms with Crippen molar-refractivity contribution in [3.8, 4) is 0 Å². The minimum Gasteiger partial charge on any atom is -0.408 e. The molecule has 1 aromatic carbocycles. The van der Waals surface area contributed by atoms with E-state index in [0.717, 1.165) is 11.1 Å². The van der Waals surface area contributed by atoms with Crippen molar-refractivity contribution in [1.82, 2.24) is 4.98 Å². The van der Waals surface area contributed by atoms with E-state index in [1.54, 1.807) is 0 Å². The Morgan fingerprint density at radius 1 is 1.36 bits per heavy atom. The molecule has 1 aromatic heterocycles. The minimum atomic E-state index is -0.398. The Hall–Kier alpha value is -1.51. The Morgan fingerprint density at radius 2 is 2.00 bits per heavy atom. The molecule has 0 amide bonds. The molecule has 0 atom stereocenters. The van der Waals surface area contributed by atoms with Gasteiger partial charge >= 0.3 is 5.76 Å². The Bertz CT molecular complexity index is 454. The zero-order valence-corrected chi connectivity index (χ0v) is 8.76. The lowest BCUT2D eigenvalue weighted by Gasteiger charge is -1.87. The van der Waals surface area contributed by atoms with Crippen LogP contribution < -0.4 is 5.76 Å². The topological polar surface area (TPSA) is 46.0 Å². The van der Waals surface area contributed by atoms with E-state index in [1.807, 2.05) is 25.1 Å². The van der Waals surface area contributed by atoms with Crippen LogP contribution in [0.4, 0.5) is 0 Å². The van der Waals surface area contributed by atoms with Crippen molar-refractivity contribution in [2.45, 2.75) is 27.2 Å². The fraction of sp³-hybridized carbons (Fsp3) is 0.364. The summed E-state index contributed by atoms with van der Waals surface area (Å²) in [6.07, 6.45) is 1.25. The molecule has 0 spiro atoms. The fourth-order valence-electron chi connectivity index (χ4n) is 1.05. The van der Waals surface area contributed by atoms with Gasteiger partial charge in [0.1, 0.15) is 0 Å². The average molecular weight is 193 g/mol. The first kappa shape index (κ1) is 10.6. The van der Waals surface area contributed by atoms with Crippen LogP contribution in [0, 0.1) is 6.92 Å². The molecule has 76 valence electrons. The van der Waals surface area contributed by atoms with Gasteiger partial charge in [0.05, 0.1) is 5.52 Å². The summed E-state index contributed by atoms with van der Waals surface area (Å²) in [5, 5.41) is 0. The summed E-state index contributed by atoms with van der Waals surface area (Å²) in [6.45, 7) is 6.20. The van der Waals surface area contributed by atoms with Crippen molar-refractivity contribution in [1.29, 1.82) is 0 Å². The van der Waals surface area contributed by atoms with Crippen LogP contribution in [0.2, 0.25) is 0 Å². The lowest BCUT2D eigenvalue weighted by Crippen LogP contribution is -1.92. The molecule has 0 unspecified atom stereocenters. The van der Waals surface area contributed by atoms with Crippen LogP contribution in [0.5, 0.6) is 0 Å². The van der Waals surface area contributed by atoms with Crippen molar-refractivity contribution in [2.24, 2.45) is 0 Å². The first-order valence-electron chi connectivity index (χ1n) is 4.76. The maximum absolute atomic E-state index is 10.7. The first-order chi connectivity index (χ1) is 6.67. The molecule has 2 rings (SSSR count). The lowest BCUT2D eigenvalue weighted by molar-refractivity contribution is 0.555. The standard InChI is InChI=1S/C8H7NO2.C3H8/c1-5-2-3-6-7(4-5)11-8(10)9-6;1-3-2/h2-4H,1H3,(H,9,10);3H2,1-2H3. The molecule has 3 heteroatoms. The number of H-pyrrole nitrogens is 1. The number of aromatic nitrogens is 1. The van der Waals surface area contributed by atoms with Crippen molar-refractivity contribution < 1.29 is 4.42 Å². The largest absolute Gasteiger partial charge is 0.417 e. The number of nitrogens with one attached hydrogen (secondary N) is 1. The van der Waals surface area contributed by atoms with Gasteiger partial charge in [-0.05, 0) is 24.6 Å². The van der Waals surface area contributed by atoms with Gasteiger partial charge in [-0.3, -0.25) is 4.98 Å². The second-order valence-corrected chi connectivity index (χ2v) is 3.22. The van der Waals surface area contributed by atoms with Gasteiger partial charge in [0.15, 0.2) is 5.58 Å². The van der Waals surface area contributed by atoms with Crippen LogP contribution in [0.15, 0.2) is 27.4 Å². The molecular weight excluding hydrogens is 178 g/mol. The van der Waals surface area contributed by atoms with E-state index in [2.05, 4.69) is 18.8 Å². The van der Waals surface area contributed by atoms with E-state index in [0.29, 0.717) is 5.58 Å². The van der Waals surface area contributed by atoms with Crippen LogP contribution in [-0.4, -0.2) is 4.98 Å². The predicted octanol–water partition coefficient (Wildman–Crippen LogP) is 2.85. The summed E-state index contributed by atoms with van der Waals surface area (Å²) >= 11 is 0. The molecule has 0 saturated carbocycles. The monoisotopic (exact) mass is 193 g/mol. The molecule has 0 aliphatic rings. The van der Waals surface area contributed by atoms with E-state index in [9.17, 15) is 4.79 Å². The third-order valence-corrected chi connectivity index (χ3v) is 1.58. The number of hydrogen-bond donors (Lipinski definition) is 1. The third kappa shape index (κ3) is 2.49. The van der Waals surface area contributed by atoms with Gasteiger partial charge in [0, 0.05) is 0 Å². The van der Waals surface area contributed by atoms with Gasteiger partial charge in [0.25, 0.3) is 0 Å². The Kier molecular flexibility index (Phi) is 3.51. The highest BCUT2D eigenvalue weighted by molar-refractivity contribution is 5.72. The molecule has 1 heterocycles. The summed E-state index contributed by atoms with van der Waals surface area (Å²) in [4.78, 5) is 13.2. The van der Waals surface area contributed by atoms with E-state index in [4.69, 9.17) is 4.42 Å². The van der Waals surface area contributed by atoms with Crippen molar-refractivity contribution in [3.63, 3.8) is 0 Å². The molecule has 0 aliphatic heterocycles. The summed E-state index contributed by atoms with van der Waals surface area (Å²) in [7, 11) is 0. The highest BCUT2D eigenvalue weighted by atomic mass is 16.4. The smallest absolute Gasteiger partial charge is 0.408 e. The second-order valence-electron chi connectivity index (χ2n) is 3.22. The van der Waals surface area contributed by atoms with E-state index in [1.165, 1.54) is 6.42 Å². The van der Waals surface area contributed by atoms with Gasteiger partial charge in [0.2, 0.25) is 0 Å². The van der Waals surface area contributed by atoms with Crippen LogP contribution >= 0.6 is 0 Å². The maximum Gasteiger partial charge on any atom is 0.417 e. The molecule has 2 aromatic rings. The zero-order chi connectivity index (χ0) is 10.6. The maximum atomic E-state index is 10.7. The van der Waals surface area contributed by atoms with Crippen molar-refractivity contribution in [3.05, 3.63) is 34.3 Å². The van der Waals surface area contributed by atoms with E-state index < -0.39 is 5.76 Å². The number of oxazole rings is 1. The van der Waals surface area contributed by atoms with Crippen molar-refractivity contribution in [2.75, 3.05) is 0 Å². The SMILES string of the molecule is CCC.Cc1ccc2[nH]c(=O)oc2c1. The van der Waals surface area contributed by atoms with Crippen LogP contribution in [0.25, 0.3) is 11.1 Å². The Balaban J connectivity index is 0.000000293. The lowest BCUT2D eigenvalue weighted by atomic mass is 10.2. The number of rotatable bonds is 0. The van der Waals surface area contributed by atoms with Crippen LogP contribution in [-0.2, 0) is 0 Å². The van der Waals surface area contributed by atoms with Gasteiger partial charge < -0.3 is 4.42 Å². The highest BCUT2D eigenvalue weighted by Gasteiger charge is 1.98. The summed E-state index contributed by atoms with van der Waals surface area (Å²) in [6, 6.07) is 5.58. The van der Waals surface area contributed by atoms with Crippen LogP contribution in [0.1, 0.15) is 25.8 Å². The summed E-state index contributed by atoms with van der Waals surface area (Å²) < 4.78 is 4.84. The molecule has 0 radical (unpaired) electrons. The predicted molar refractivity (Wildman–Crippen MR) is 57.5 cm³/mol. The van der Waals surface area contributed by atoms with Gasteiger partial charge in [-0.15, -0.1) is 0 Å². The van der Waals surface area contributed by atoms with E-state index in [-0.39, 0.29) is 0 Å². The van der Waals surface area contributed by atoms with E-state index >= 15 is 0 Å². The first-order valence-corrected chi connectivity index (χ1v) is 4.76. The highest BCUT2D eigenvalue weighted by Crippen LogP contribution is 2.10. The summed E-state index contributed by atoms with van der Waals surface area (Å²) in [5.74, 6) is -0.398. The Labute approximate surface area is 82.8 Å². The number of aryl methyl sites for hydroxylation is 1. The second kappa shape index (κ2) is 4.65.